The van der Waals surface area contributed by atoms with Crippen LogP contribution in [0.3, 0.4) is 0 Å². The molecular weight excluding hydrogens is 338 g/mol. The topological polar surface area (TPSA) is 82.1 Å². The Bertz CT molecular complexity index is 778. The van der Waals surface area contributed by atoms with Gasteiger partial charge in [0.25, 0.3) is 0 Å². The normalized spacial score (nSPS) is 16.3. The van der Waals surface area contributed by atoms with Crippen molar-refractivity contribution in [3.8, 4) is 11.5 Å². The highest BCUT2D eigenvalue weighted by atomic mass is 16.5. The van der Waals surface area contributed by atoms with E-state index in [2.05, 4.69) is 12.3 Å². The molecule has 0 unspecified atom stereocenters. The van der Waals surface area contributed by atoms with Crippen LogP contribution in [0.2, 0.25) is 0 Å². The van der Waals surface area contributed by atoms with Crippen LogP contribution in [-0.4, -0.2) is 43.5 Å². The second-order valence-corrected chi connectivity index (χ2v) is 5.58. The Labute approximate surface area is 151 Å². The predicted octanol–water partition coefficient (Wildman–Crippen LogP) is 1.85. The highest BCUT2D eigenvalue weighted by molar-refractivity contribution is 6.09. The van der Waals surface area contributed by atoms with Crippen LogP contribution < -0.4 is 9.47 Å². The molecule has 0 saturated carbocycles. The fourth-order valence-electron chi connectivity index (χ4n) is 2.78. The molecule has 2 amide bonds. The first-order valence-electron chi connectivity index (χ1n) is 8.08. The summed E-state index contributed by atoms with van der Waals surface area (Å²) in [5, 5.41) is 0. The summed E-state index contributed by atoms with van der Waals surface area (Å²) < 4.78 is 15.3. The van der Waals surface area contributed by atoms with Gasteiger partial charge < -0.3 is 14.2 Å². The molecule has 0 aromatic heterocycles. The Morgan fingerprint density at radius 1 is 1.27 bits per heavy atom. The smallest absolute Gasteiger partial charge is 0.342 e. The number of hydrogen-bond acceptors (Lipinski definition) is 6. The van der Waals surface area contributed by atoms with E-state index in [9.17, 15) is 14.4 Å². The van der Waals surface area contributed by atoms with Crippen molar-refractivity contribution in [2.24, 2.45) is 5.92 Å². The molecule has 0 N–H and O–H groups in total. The average molecular weight is 359 g/mol. The van der Waals surface area contributed by atoms with Gasteiger partial charge in [0.15, 0.2) is 11.5 Å². The molecule has 0 spiro atoms. The summed E-state index contributed by atoms with van der Waals surface area (Å²) in [5.41, 5.74) is 3.14. The van der Waals surface area contributed by atoms with E-state index in [1.165, 1.54) is 14.2 Å². The molecular formula is C19H21NO6. The standard InChI is InChI=1S/C19H21NO6/c1-5-13(19(23)26-6-2)14-10-17(21)20(18(14)22)11-12-7-8-15(24-3)16(9-12)25-4/h7-9,14H,1,6,10-11H2,2-4H3/t14-/m1/s1. The molecule has 1 atom stereocenters. The second kappa shape index (κ2) is 8.36. The minimum Gasteiger partial charge on any atom is -0.493 e. The summed E-state index contributed by atoms with van der Waals surface area (Å²) in [5.74, 6) is -1.39. The minimum absolute atomic E-state index is 0.0139. The monoisotopic (exact) mass is 359 g/mol. The first-order chi connectivity index (χ1) is 12.5. The molecule has 1 fully saturated rings. The van der Waals surface area contributed by atoms with Gasteiger partial charge in [-0.05, 0) is 24.6 Å². The number of ether oxygens (including phenoxy) is 3. The van der Waals surface area contributed by atoms with Gasteiger partial charge in [0.1, 0.15) is 0 Å². The summed E-state index contributed by atoms with van der Waals surface area (Å²) in [6.07, 6.45) is -0.108. The molecule has 7 nitrogen and oxygen atoms in total. The van der Waals surface area contributed by atoms with Gasteiger partial charge in [-0.2, -0.15) is 0 Å². The molecule has 7 heteroatoms. The molecule has 1 aliphatic rings. The maximum Gasteiger partial charge on any atom is 0.342 e. The first-order valence-corrected chi connectivity index (χ1v) is 8.08. The average Bonchev–Trinajstić information content (AvgIpc) is 2.90. The lowest BCUT2D eigenvalue weighted by molar-refractivity contribution is -0.143. The van der Waals surface area contributed by atoms with Crippen LogP contribution in [0.4, 0.5) is 0 Å². The number of hydrogen-bond donors (Lipinski definition) is 0. The Hall–Kier alpha value is -3.05. The van der Waals surface area contributed by atoms with Crippen LogP contribution in [-0.2, 0) is 25.7 Å². The summed E-state index contributed by atoms with van der Waals surface area (Å²) in [7, 11) is 3.03. The molecule has 1 heterocycles. The van der Waals surface area contributed by atoms with Gasteiger partial charge in [-0.3, -0.25) is 14.5 Å². The Kier molecular flexibility index (Phi) is 6.20. The molecule has 0 aliphatic carbocycles. The maximum absolute atomic E-state index is 12.7. The van der Waals surface area contributed by atoms with E-state index in [0.717, 1.165) is 4.90 Å². The van der Waals surface area contributed by atoms with E-state index in [1.54, 1.807) is 25.1 Å². The van der Waals surface area contributed by atoms with Gasteiger partial charge in [0.2, 0.25) is 11.8 Å². The van der Waals surface area contributed by atoms with Gasteiger partial charge in [-0.25, -0.2) is 4.79 Å². The van der Waals surface area contributed by atoms with Crippen molar-refractivity contribution in [2.45, 2.75) is 19.9 Å². The summed E-state index contributed by atoms with van der Waals surface area (Å²) in [6.45, 7) is 5.33. The van der Waals surface area contributed by atoms with Gasteiger partial charge >= 0.3 is 5.97 Å². The molecule has 1 aliphatic heterocycles. The summed E-state index contributed by atoms with van der Waals surface area (Å²) in [6, 6.07) is 5.14. The molecule has 1 aromatic carbocycles. The van der Waals surface area contributed by atoms with Gasteiger partial charge in [0, 0.05) is 6.42 Å². The molecule has 0 bridgehead atoms. The van der Waals surface area contributed by atoms with E-state index >= 15 is 0 Å². The number of esters is 1. The van der Waals surface area contributed by atoms with Crippen molar-refractivity contribution in [1.29, 1.82) is 0 Å². The highest BCUT2D eigenvalue weighted by Crippen LogP contribution is 2.31. The van der Waals surface area contributed by atoms with Crippen molar-refractivity contribution in [1.82, 2.24) is 4.90 Å². The van der Waals surface area contributed by atoms with Crippen LogP contribution >= 0.6 is 0 Å². The van der Waals surface area contributed by atoms with Crippen LogP contribution in [0.5, 0.6) is 11.5 Å². The summed E-state index contributed by atoms with van der Waals surface area (Å²) >= 11 is 0. The van der Waals surface area contributed by atoms with E-state index in [4.69, 9.17) is 14.2 Å². The van der Waals surface area contributed by atoms with Crippen molar-refractivity contribution in [3.05, 3.63) is 41.6 Å². The van der Waals surface area contributed by atoms with E-state index in [0.29, 0.717) is 17.1 Å². The third-order valence-electron chi connectivity index (χ3n) is 4.07. The maximum atomic E-state index is 12.7. The minimum atomic E-state index is -0.917. The molecule has 26 heavy (non-hydrogen) atoms. The number of likely N-dealkylation sites (tertiary alicyclic amines) is 1. The number of amides is 2. The van der Waals surface area contributed by atoms with Crippen LogP contribution in [0.15, 0.2) is 36.1 Å². The molecule has 138 valence electrons. The number of imide groups is 1. The van der Waals surface area contributed by atoms with Crippen LogP contribution in [0.25, 0.3) is 0 Å². The van der Waals surface area contributed by atoms with E-state index in [1.807, 2.05) is 0 Å². The lowest BCUT2D eigenvalue weighted by atomic mass is 9.98. The third kappa shape index (κ3) is 3.78. The number of nitrogens with zero attached hydrogens (tertiary/aromatic N) is 1. The van der Waals surface area contributed by atoms with Crippen molar-refractivity contribution >= 4 is 17.8 Å². The highest BCUT2D eigenvalue weighted by Gasteiger charge is 2.43. The molecule has 0 radical (unpaired) electrons. The molecule has 2 rings (SSSR count). The fraction of sp³-hybridized carbons (Fsp3) is 0.368. The number of methoxy groups -OCH3 is 2. The van der Waals surface area contributed by atoms with Crippen molar-refractivity contribution in [2.75, 3.05) is 20.8 Å². The van der Waals surface area contributed by atoms with Crippen LogP contribution in [0.1, 0.15) is 18.9 Å². The Balaban J connectivity index is 2.22. The van der Waals surface area contributed by atoms with Crippen LogP contribution in [0, 0.1) is 5.92 Å². The largest absolute Gasteiger partial charge is 0.493 e. The number of benzene rings is 1. The lowest BCUT2D eigenvalue weighted by Crippen LogP contribution is -2.31. The van der Waals surface area contributed by atoms with Gasteiger partial charge in [-0.15, -0.1) is 5.73 Å². The van der Waals surface area contributed by atoms with Gasteiger partial charge in [-0.1, -0.05) is 12.6 Å². The zero-order valence-corrected chi connectivity index (χ0v) is 15.0. The van der Waals surface area contributed by atoms with Crippen molar-refractivity contribution in [3.63, 3.8) is 0 Å². The molecule has 1 aromatic rings. The number of rotatable bonds is 7. The third-order valence-corrected chi connectivity index (χ3v) is 4.07. The van der Waals surface area contributed by atoms with E-state index in [-0.39, 0.29) is 31.1 Å². The lowest BCUT2D eigenvalue weighted by Gasteiger charge is -2.16. The Morgan fingerprint density at radius 2 is 1.96 bits per heavy atom. The molecule has 1 saturated heterocycles. The summed E-state index contributed by atoms with van der Waals surface area (Å²) in [4.78, 5) is 38.0. The zero-order chi connectivity index (χ0) is 19.3. The number of carbonyl (C=O) groups is 3. The fourth-order valence-corrected chi connectivity index (χ4v) is 2.78. The van der Waals surface area contributed by atoms with Crippen molar-refractivity contribution < 1.29 is 28.6 Å². The Morgan fingerprint density at radius 3 is 2.54 bits per heavy atom. The quantitative estimate of drug-likeness (QED) is 0.320. The predicted molar refractivity (Wildman–Crippen MR) is 92.5 cm³/mol. The zero-order valence-electron chi connectivity index (χ0n) is 15.0. The first kappa shape index (κ1) is 19.3. The SMILES string of the molecule is C=C=C(C(=O)OCC)[C@H]1CC(=O)N(Cc2ccc(OC)c(OC)c2)C1=O. The number of carbonyl (C=O) groups excluding carboxylic acids is 3. The van der Waals surface area contributed by atoms with E-state index < -0.39 is 17.8 Å². The van der Waals surface area contributed by atoms with Gasteiger partial charge in [0.05, 0.1) is 38.9 Å². The second-order valence-electron chi connectivity index (χ2n) is 5.58.